The number of ether oxygens (including phenoxy) is 3. The van der Waals surface area contributed by atoms with E-state index in [9.17, 15) is 19.2 Å². The molecule has 0 aromatic heterocycles. The first kappa shape index (κ1) is 19.6. The van der Waals surface area contributed by atoms with Gasteiger partial charge >= 0.3 is 17.9 Å². The van der Waals surface area contributed by atoms with Gasteiger partial charge in [-0.2, -0.15) is 0 Å². The number of carbonyl (C=O) groups is 4. The maximum atomic E-state index is 12.4. The summed E-state index contributed by atoms with van der Waals surface area (Å²) < 4.78 is 15.1. The molecule has 140 valence electrons. The molecule has 7 heteroatoms. The van der Waals surface area contributed by atoms with Crippen molar-refractivity contribution in [3.05, 3.63) is 35.9 Å². The van der Waals surface area contributed by atoms with E-state index in [0.717, 1.165) is 0 Å². The molecule has 0 unspecified atom stereocenters. The van der Waals surface area contributed by atoms with Crippen molar-refractivity contribution in [2.24, 2.45) is 11.3 Å². The van der Waals surface area contributed by atoms with Crippen LogP contribution >= 0.6 is 0 Å². The number of hydrogen-bond donors (Lipinski definition) is 0. The van der Waals surface area contributed by atoms with Gasteiger partial charge in [0.2, 0.25) is 0 Å². The van der Waals surface area contributed by atoms with Gasteiger partial charge in [-0.25, -0.2) is 4.79 Å². The van der Waals surface area contributed by atoms with Crippen LogP contribution in [0.25, 0.3) is 0 Å². The Kier molecular flexibility index (Phi) is 6.13. The van der Waals surface area contributed by atoms with Crippen molar-refractivity contribution < 1.29 is 33.4 Å². The van der Waals surface area contributed by atoms with E-state index in [2.05, 4.69) is 0 Å². The fourth-order valence-electron chi connectivity index (χ4n) is 3.47. The molecule has 0 spiro atoms. The summed E-state index contributed by atoms with van der Waals surface area (Å²) in [4.78, 5) is 48.6. The Bertz CT molecular complexity index is 679. The zero-order valence-corrected chi connectivity index (χ0v) is 15.0. The largest absolute Gasteiger partial charge is 0.468 e. The number of methoxy groups -OCH3 is 2. The molecule has 7 nitrogen and oxygen atoms in total. The minimum atomic E-state index is -1.58. The highest BCUT2D eigenvalue weighted by Crippen LogP contribution is 2.47. The van der Waals surface area contributed by atoms with Crippen LogP contribution in [0.5, 0.6) is 0 Å². The molecule has 0 bridgehead atoms. The summed E-state index contributed by atoms with van der Waals surface area (Å²) in [6.45, 7) is 1.41. The smallest absolute Gasteiger partial charge is 0.338 e. The Morgan fingerprint density at radius 3 is 2.08 bits per heavy atom. The molecule has 1 aliphatic carbocycles. The van der Waals surface area contributed by atoms with Crippen LogP contribution < -0.4 is 0 Å². The zero-order chi connectivity index (χ0) is 19.3. The second kappa shape index (κ2) is 8.12. The maximum Gasteiger partial charge on any atom is 0.338 e. The van der Waals surface area contributed by atoms with Gasteiger partial charge in [0.25, 0.3) is 0 Å². The quantitative estimate of drug-likeness (QED) is 0.433. The predicted octanol–water partition coefficient (Wildman–Crippen LogP) is 1.93. The minimum absolute atomic E-state index is 0.0265. The first-order chi connectivity index (χ1) is 12.3. The van der Waals surface area contributed by atoms with Gasteiger partial charge in [-0.3, -0.25) is 9.59 Å². The Labute approximate surface area is 151 Å². The number of rotatable bonds is 6. The summed E-state index contributed by atoms with van der Waals surface area (Å²) in [6, 6.07) is 8.37. The van der Waals surface area contributed by atoms with E-state index in [-0.39, 0.29) is 25.0 Å². The molecular formula is C19H22O7. The van der Waals surface area contributed by atoms with Gasteiger partial charge in [0.05, 0.1) is 19.8 Å². The summed E-state index contributed by atoms with van der Waals surface area (Å²) in [5, 5.41) is 0. The van der Waals surface area contributed by atoms with E-state index in [0.29, 0.717) is 5.56 Å². The molecule has 1 aromatic rings. The fourth-order valence-corrected chi connectivity index (χ4v) is 3.47. The van der Waals surface area contributed by atoms with Crippen LogP contribution in [0.2, 0.25) is 0 Å². The summed E-state index contributed by atoms with van der Waals surface area (Å²) in [5.74, 6) is -2.68. The SMILES string of the molecule is COC(=O)C1(C(=O)OC)C[C@@H](CC(C)=O)[C@H](OC(=O)c2ccccc2)C1. The molecule has 0 aliphatic heterocycles. The van der Waals surface area contributed by atoms with Crippen LogP contribution in [0.1, 0.15) is 36.5 Å². The average molecular weight is 362 g/mol. The standard InChI is InChI=1S/C19H22O7/c1-12(20)9-14-10-19(17(22)24-2,18(23)25-3)11-15(14)26-16(21)13-7-5-4-6-8-13/h4-8,14-15H,9-11H2,1-3H3/t14-,15-/m1/s1. The van der Waals surface area contributed by atoms with Crippen LogP contribution in [0.4, 0.5) is 0 Å². The minimum Gasteiger partial charge on any atom is -0.468 e. The summed E-state index contributed by atoms with van der Waals surface area (Å²) in [5.41, 5.74) is -1.23. The van der Waals surface area contributed by atoms with Gasteiger partial charge in [-0.05, 0) is 25.5 Å². The van der Waals surface area contributed by atoms with Gasteiger partial charge in [-0.1, -0.05) is 18.2 Å². The van der Waals surface area contributed by atoms with E-state index in [4.69, 9.17) is 14.2 Å². The molecule has 1 aliphatic rings. The Morgan fingerprint density at radius 1 is 1.00 bits per heavy atom. The highest BCUT2D eigenvalue weighted by atomic mass is 16.6. The summed E-state index contributed by atoms with van der Waals surface area (Å²) >= 11 is 0. The summed E-state index contributed by atoms with van der Waals surface area (Å²) in [7, 11) is 2.35. The second-order valence-corrected chi connectivity index (χ2v) is 6.45. The van der Waals surface area contributed by atoms with E-state index in [1.54, 1.807) is 30.3 Å². The maximum absolute atomic E-state index is 12.4. The van der Waals surface area contributed by atoms with Crippen LogP contribution in [0.15, 0.2) is 30.3 Å². The van der Waals surface area contributed by atoms with Crippen molar-refractivity contribution >= 4 is 23.7 Å². The van der Waals surface area contributed by atoms with Crippen molar-refractivity contribution in [2.45, 2.75) is 32.3 Å². The Morgan fingerprint density at radius 2 is 1.58 bits per heavy atom. The van der Waals surface area contributed by atoms with Gasteiger partial charge in [-0.15, -0.1) is 0 Å². The Hall–Kier alpha value is -2.70. The Balaban J connectivity index is 2.30. The number of benzene rings is 1. The monoisotopic (exact) mass is 362 g/mol. The molecule has 26 heavy (non-hydrogen) atoms. The lowest BCUT2D eigenvalue weighted by Gasteiger charge is -2.22. The van der Waals surface area contributed by atoms with Crippen LogP contribution in [-0.4, -0.2) is 44.0 Å². The van der Waals surface area contributed by atoms with E-state index >= 15 is 0 Å². The fraction of sp³-hybridized carbons (Fsp3) is 0.474. The summed E-state index contributed by atoms with van der Waals surface area (Å²) in [6.07, 6.45) is -0.742. The molecule has 0 radical (unpaired) electrons. The van der Waals surface area contributed by atoms with Crippen molar-refractivity contribution in [3.8, 4) is 0 Å². The normalized spacial score (nSPS) is 20.9. The number of hydrogen-bond acceptors (Lipinski definition) is 7. The van der Waals surface area contributed by atoms with E-state index < -0.39 is 35.3 Å². The third-order valence-corrected chi connectivity index (χ3v) is 4.66. The van der Waals surface area contributed by atoms with Gasteiger partial charge in [0.15, 0.2) is 5.41 Å². The molecule has 1 fully saturated rings. The van der Waals surface area contributed by atoms with Crippen LogP contribution in [0, 0.1) is 11.3 Å². The molecule has 2 rings (SSSR count). The topological polar surface area (TPSA) is 96.0 Å². The van der Waals surface area contributed by atoms with Gasteiger partial charge < -0.3 is 19.0 Å². The van der Waals surface area contributed by atoms with Crippen LogP contribution in [0.3, 0.4) is 0 Å². The first-order valence-corrected chi connectivity index (χ1v) is 8.26. The second-order valence-electron chi connectivity index (χ2n) is 6.45. The number of esters is 3. The highest BCUT2D eigenvalue weighted by molar-refractivity contribution is 6.00. The third-order valence-electron chi connectivity index (χ3n) is 4.66. The van der Waals surface area contributed by atoms with Gasteiger partial charge in [0, 0.05) is 18.8 Å². The van der Waals surface area contributed by atoms with Gasteiger partial charge in [0.1, 0.15) is 11.9 Å². The molecule has 0 heterocycles. The lowest BCUT2D eigenvalue weighted by atomic mass is 9.84. The zero-order valence-electron chi connectivity index (χ0n) is 15.0. The molecule has 0 amide bonds. The lowest BCUT2D eigenvalue weighted by molar-refractivity contribution is -0.169. The molecule has 2 atom stereocenters. The molecule has 1 saturated carbocycles. The molecule has 0 N–H and O–H groups in total. The number of ketones is 1. The lowest BCUT2D eigenvalue weighted by Crippen LogP contribution is -2.39. The number of Topliss-reactive ketones (excluding diaryl/α,β-unsaturated/α-hetero) is 1. The molecule has 1 aromatic carbocycles. The van der Waals surface area contributed by atoms with Crippen LogP contribution in [-0.2, 0) is 28.6 Å². The van der Waals surface area contributed by atoms with Crippen molar-refractivity contribution in [3.63, 3.8) is 0 Å². The highest BCUT2D eigenvalue weighted by Gasteiger charge is 2.58. The molecule has 0 saturated heterocycles. The average Bonchev–Trinajstić information content (AvgIpc) is 2.99. The van der Waals surface area contributed by atoms with E-state index in [1.165, 1.54) is 21.1 Å². The predicted molar refractivity (Wildman–Crippen MR) is 90.1 cm³/mol. The third kappa shape index (κ3) is 3.92. The molecular weight excluding hydrogens is 340 g/mol. The van der Waals surface area contributed by atoms with Crippen molar-refractivity contribution in [1.29, 1.82) is 0 Å². The number of carbonyl (C=O) groups excluding carboxylic acids is 4. The van der Waals surface area contributed by atoms with Crippen molar-refractivity contribution in [1.82, 2.24) is 0 Å². The first-order valence-electron chi connectivity index (χ1n) is 8.26. The van der Waals surface area contributed by atoms with E-state index in [1.807, 2.05) is 0 Å². The van der Waals surface area contributed by atoms with Crippen molar-refractivity contribution in [2.75, 3.05) is 14.2 Å².